The Morgan fingerprint density at radius 1 is 1.14 bits per heavy atom. The van der Waals surface area contributed by atoms with Crippen molar-refractivity contribution in [2.45, 2.75) is 26.3 Å². The van der Waals surface area contributed by atoms with Crippen LogP contribution in [-0.4, -0.2) is 62.1 Å². The van der Waals surface area contributed by atoms with Crippen molar-refractivity contribution in [3.63, 3.8) is 0 Å². The Bertz CT molecular complexity index is 1530. The number of hydrogen-bond donors (Lipinski definition) is 1. The summed E-state index contributed by atoms with van der Waals surface area (Å²) in [4.78, 5) is 11.2. The standard InChI is InChI=1S/C24H27F2N7O2S/c1-15(19-5-4-17(25)10-20(19)26)23-16(2)30-33-18(12-32-6-8-36(34,35)9-7-32)11-21(29-24(23)33)28-22-13-31(3)14-27-22/h4-5,10-11,13-15H,6-9,12H2,1-3H3,(H,28,29). The van der Waals surface area contributed by atoms with E-state index in [-0.39, 0.29) is 11.5 Å². The number of nitrogens with zero attached hydrogens (tertiary/aromatic N) is 6. The molecule has 4 aromatic rings. The number of halogens is 2. The van der Waals surface area contributed by atoms with Crippen LogP contribution in [0.15, 0.2) is 36.8 Å². The van der Waals surface area contributed by atoms with Gasteiger partial charge in [0.05, 0.1) is 29.2 Å². The average molecular weight is 516 g/mol. The Hall–Kier alpha value is -3.38. The van der Waals surface area contributed by atoms with Crippen molar-refractivity contribution in [3.05, 3.63) is 70.9 Å². The minimum atomic E-state index is -3.01. The normalized spacial score (nSPS) is 16.9. The molecule has 0 bridgehead atoms. The first-order chi connectivity index (χ1) is 17.1. The smallest absolute Gasteiger partial charge is 0.161 e. The minimum Gasteiger partial charge on any atom is -0.338 e. The maximum Gasteiger partial charge on any atom is 0.161 e. The van der Waals surface area contributed by atoms with Crippen molar-refractivity contribution < 1.29 is 17.2 Å². The fraction of sp³-hybridized carbons (Fsp3) is 0.375. The molecular weight excluding hydrogens is 488 g/mol. The van der Waals surface area contributed by atoms with Gasteiger partial charge in [0.1, 0.15) is 23.3 Å². The molecule has 9 nitrogen and oxygen atoms in total. The number of imidazole rings is 1. The number of anilines is 2. The van der Waals surface area contributed by atoms with Crippen LogP contribution in [0.5, 0.6) is 0 Å². The summed E-state index contributed by atoms with van der Waals surface area (Å²) in [5.74, 6) is -0.318. The molecule has 1 atom stereocenters. The summed E-state index contributed by atoms with van der Waals surface area (Å²) in [6.45, 7) is 5.01. The SMILES string of the molecule is Cc1nn2c(CN3CCS(=O)(=O)CC3)cc(Nc3cn(C)cn3)nc2c1C(C)c1ccc(F)cc1F. The first-order valence-electron chi connectivity index (χ1n) is 11.6. The summed E-state index contributed by atoms with van der Waals surface area (Å²) >= 11 is 0. The third-order valence-electron chi connectivity index (χ3n) is 6.53. The highest BCUT2D eigenvalue weighted by atomic mass is 32.2. The van der Waals surface area contributed by atoms with Gasteiger partial charge in [-0.15, -0.1) is 0 Å². The Balaban J connectivity index is 1.59. The van der Waals surface area contributed by atoms with Gasteiger partial charge < -0.3 is 9.88 Å². The maximum atomic E-state index is 14.7. The number of fused-ring (bicyclic) bond motifs is 1. The van der Waals surface area contributed by atoms with Crippen LogP contribution in [0.4, 0.5) is 20.4 Å². The zero-order valence-corrected chi connectivity index (χ0v) is 21.1. The molecule has 0 radical (unpaired) electrons. The van der Waals surface area contributed by atoms with Gasteiger partial charge in [-0.05, 0) is 18.6 Å². The second kappa shape index (κ2) is 9.25. The molecule has 1 aliphatic rings. The minimum absolute atomic E-state index is 0.116. The van der Waals surface area contributed by atoms with Crippen LogP contribution in [-0.2, 0) is 23.4 Å². The van der Waals surface area contributed by atoms with Crippen molar-refractivity contribution >= 4 is 27.1 Å². The Morgan fingerprint density at radius 3 is 2.56 bits per heavy atom. The van der Waals surface area contributed by atoms with Crippen molar-refractivity contribution in [1.82, 2.24) is 29.0 Å². The molecule has 1 unspecified atom stereocenters. The van der Waals surface area contributed by atoms with Crippen molar-refractivity contribution in [2.24, 2.45) is 7.05 Å². The molecule has 190 valence electrons. The third kappa shape index (κ3) is 4.82. The molecule has 3 aromatic heterocycles. The number of aryl methyl sites for hydroxylation is 2. The van der Waals surface area contributed by atoms with Crippen molar-refractivity contribution in [3.8, 4) is 0 Å². The molecule has 12 heteroatoms. The number of aromatic nitrogens is 5. The molecule has 1 aromatic carbocycles. The van der Waals surface area contributed by atoms with Gasteiger partial charge in [0.15, 0.2) is 15.5 Å². The summed E-state index contributed by atoms with van der Waals surface area (Å²) in [6.07, 6.45) is 3.49. The predicted molar refractivity (Wildman–Crippen MR) is 132 cm³/mol. The van der Waals surface area contributed by atoms with Crippen LogP contribution in [0.2, 0.25) is 0 Å². The highest BCUT2D eigenvalue weighted by molar-refractivity contribution is 7.91. The van der Waals surface area contributed by atoms with Gasteiger partial charge in [-0.25, -0.2) is 31.7 Å². The van der Waals surface area contributed by atoms with E-state index in [1.807, 2.05) is 37.7 Å². The highest BCUT2D eigenvalue weighted by Crippen LogP contribution is 2.33. The molecule has 1 aliphatic heterocycles. The number of nitrogens with one attached hydrogen (secondary N) is 1. The molecule has 4 heterocycles. The van der Waals surface area contributed by atoms with Crippen LogP contribution in [0.3, 0.4) is 0 Å². The molecule has 1 fully saturated rings. The molecule has 0 aliphatic carbocycles. The van der Waals surface area contributed by atoms with Gasteiger partial charge >= 0.3 is 0 Å². The van der Waals surface area contributed by atoms with Crippen LogP contribution in [0.25, 0.3) is 5.65 Å². The van der Waals surface area contributed by atoms with Crippen molar-refractivity contribution in [2.75, 3.05) is 29.9 Å². The van der Waals surface area contributed by atoms with Gasteiger partial charge in [0.2, 0.25) is 0 Å². The Labute approximate surface area is 207 Å². The molecule has 5 rings (SSSR count). The lowest BCUT2D eigenvalue weighted by molar-refractivity contribution is 0.282. The van der Waals surface area contributed by atoms with Gasteiger partial charge in [-0.3, -0.25) is 4.90 Å². The fourth-order valence-electron chi connectivity index (χ4n) is 4.64. The summed E-state index contributed by atoms with van der Waals surface area (Å²) in [6, 6.07) is 5.44. The predicted octanol–water partition coefficient (Wildman–Crippen LogP) is 3.18. The van der Waals surface area contributed by atoms with E-state index in [0.29, 0.717) is 48.2 Å². The molecular formula is C24H27F2N7O2S. The molecule has 0 spiro atoms. The highest BCUT2D eigenvalue weighted by Gasteiger charge is 2.26. The Kier molecular flexibility index (Phi) is 6.25. The molecule has 1 N–H and O–H groups in total. The zero-order chi connectivity index (χ0) is 25.6. The lowest BCUT2D eigenvalue weighted by Crippen LogP contribution is -2.40. The van der Waals surface area contributed by atoms with E-state index in [2.05, 4.69) is 15.2 Å². The van der Waals surface area contributed by atoms with E-state index in [9.17, 15) is 17.2 Å². The quantitative estimate of drug-likeness (QED) is 0.421. The van der Waals surface area contributed by atoms with Gasteiger partial charge in [-0.1, -0.05) is 13.0 Å². The summed E-state index contributed by atoms with van der Waals surface area (Å²) in [7, 11) is -1.15. The first kappa shape index (κ1) is 24.3. The maximum absolute atomic E-state index is 14.7. The number of benzene rings is 1. The van der Waals surface area contributed by atoms with Crippen molar-refractivity contribution in [1.29, 1.82) is 0 Å². The van der Waals surface area contributed by atoms with E-state index in [1.54, 1.807) is 10.8 Å². The molecule has 0 amide bonds. The molecule has 36 heavy (non-hydrogen) atoms. The monoisotopic (exact) mass is 515 g/mol. The molecule has 1 saturated heterocycles. The zero-order valence-electron chi connectivity index (χ0n) is 20.2. The van der Waals surface area contributed by atoms with Crippen LogP contribution in [0, 0.1) is 18.6 Å². The fourth-order valence-corrected chi connectivity index (χ4v) is 5.92. The summed E-state index contributed by atoms with van der Waals surface area (Å²) in [5.41, 5.74) is 3.11. The van der Waals surface area contributed by atoms with Crippen LogP contribution < -0.4 is 5.32 Å². The lowest BCUT2D eigenvalue weighted by Gasteiger charge is -2.26. The van der Waals surface area contributed by atoms with E-state index < -0.39 is 27.4 Å². The Morgan fingerprint density at radius 2 is 1.89 bits per heavy atom. The van der Waals surface area contributed by atoms with E-state index in [1.165, 1.54) is 12.1 Å². The molecule has 0 saturated carbocycles. The first-order valence-corrected chi connectivity index (χ1v) is 13.4. The summed E-state index contributed by atoms with van der Waals surface area (Å²) < 4.78 is 55.6. The lowest BCUT2D eigenvalue weighted by atomic mass is 9.92. The second-order valence-corrected chi connectivity index (χ2v) is 11.5. The number of rotatable bonds is 6. The van der Waals surface area contributed by atoms with Gasteiger partial charge in [0, 0.05) is 56.5 Å². The summed E-state index contributed by atoms with van der Waals surface area (Å²) in [5, 5.41) is 7.94. The average Bonchev–Trinajstić information content (AvgIpc) is 3.36. The largest absolute Gasteiger partial charge is 0.338 e. The second-order valence-electron chi connectivity index (χ2n) is 9.23. The third-order valence-corrected chi connectivity index (χ3v) is 8.14. The van der Waals surface area contributed by atoms with E-state index in [0.717, 1.165) is 17.3 Å². The topological polar surface area (TPSA) is 97.4 Å². The van der Waals surface area contributed by atoms with Crippen LogP contribution in [0.1, 0.15) is 35.4 Å². The number of hydrogen-bond acceptors (Lipinski definition) is 7. The number of sulfone groups is 1. The van der Waals surface area contributed by atoms with E-state index >= 15 is 0 Å². The van der Waals surface area contributed by atoms with Gasteiger partial charge in [0.25, 0.3) is 0 Å². The van der Waals surface area contributed by atoms with E-state index in [4.69, 9.17) is 10.1 Å². The van der Waals surface area contributed by atoms with Crippen LogP contribution >= 0.6 is 0 Å². The van der Waals surface area contributed by atoms with Gasteiger partial charge in [-0.2, -0.15) is 5.10 Å².